The van der Waals surface area contributed by atoms with Crippen molar-refractivity contribution < 1.29 is 9.32 Å². The van der Waals surface area contributed by atoms with Crippen molar-refractivity contribution in [2.75, 3.05) is 45.0 Å². The third-order valence-electron chi connectivity index (χ3n) is 3.84. The first-order valence-electron chi connectivity index (χ1n) is 7.86. The second-order valence-electron chi connectivity index (χ2n) is 5.59. The highest BCUT2D eigenvalue weighted by Crippen LogP contribution is 2.19. The van der Waals surface area contributed by atoms with Crippen LogP contribution in [0, 0.1) is 13.8 Å². The number of thioether (sulfide) groups is 1. The summed E-state index contributed by atoms with van der Waals surface area (Å²) in [6.07, 6.45) is 1.01. The third kappa shape index (κ3) is 5.62. The molecule has 1 amide bonds. The summed E-state index contributed by atoms with van der Waals surface area (Å²) in [6, 6.07) is 0. The van der Waals surface area contributed by atoms with E-state index in [4.69, 9.17) is 4.52 Å². The Labute approximate surface area is 136 Å². The van der Waals surface area contributed by atoms with Gasteiger partial charge in [-0.15, -0.1) is 11.8 Å². The van der Waals surface area contributed by atoms with E-state index in [0.717, 1.165) is 68.5 Å². The molecular formula is C15H26N4O2S. The van der Waals surface area contributed by atoms with Crippen LogP contribution in [0.25, 0.3) is 0 Å². The zero-order valence-corrected chi connectivity index (χ0v) is 14.3. The Morgan fingerprint density at radius 1 is 1.41 bits per heavy atom. The normalized spacial score (nSPS) is 15.9. The number of hydrogen-bond acceptors (Lipinski definition) is 6. The number of hydrogen-bond donors (Lipinski definition) is 2. The molecule has 7 heteroatoms. The number of aryl methyl sites for hydroxylation is 2. The molecule has 0 radical (unpaired) electrons. The van der Waals surface area contributed by atoms with Crippen LogP contribution in [0.15, 0.2) is 4.52 Å². The minimum Gasteiger partial charge on any atom is -0.361 e. The van der Waals surface area contributed by atoms with Crippen LogP contribution in [0.5, 0.6) is 0 Å². The standard InChI is InChI=1S/C15H26N4O2S/c1-12-14(13(2)21-18-12)10-22-11-15(20)17-4-3-7-19-8-5-16-6-9-19/h16H,3-11H2,1-2H3,(H,17,20). The molecule has 22 heavy (non-hydrogen) atoms. The molecule has 1 fully saturated rings. The Hall–Kier alpha value is -1.05. The fourth-order valence-electron chi connectivity index (χ4n) is 2.47. The topological polar surface area (TPSA) is 70.4 Å². The summed E-state index contributed by atoms with van der Waals surface area (Å²) in [7, 11) is 0. The molecule has 1 aromatic heterocycles. The lowest BCUT2D eigenvalue weighted by atomic mass is 10.2. The maximum atomic E-state index is 11.8. The summed E-state index contributed by atoms with van der Waals surface area (Å²) >= 11 is 1.60. The van der Waals surface area contributed by atoms with Crippen molar-refractivity contribution in [2.24, 2.45) is 0 Å². The number of amides is 1. The molecule has 2 N–H and O–H groups in total. The van der Waals surface area contributed by atoms with Gasteiger partial charge in [0.15, 0.2) is 0 Å². The predicted octanol–water partition coefficient (Wildman–Crippen LogP) is 0.936. The van der Waals surface area contributed by atoms with Crippen LogP contribution in [0.1, 0.15) is 23.4 Å². The van der Waals surface area contributed by atoms with Gasteiger partial charge in [0.1, 0.15) is 5.76 Å². The largest absolute Gasteiger partial charge is 0.361 e. The van der Waals surface area contributed by atoms with E-state index in [0.29, 0.717) is 5.75 Å². The van der Waals surface area contributed by atoms with E-state index in [2.05, 4.69) is 20.7 Å². The summed E-state index contributed by atoms with van der Waals surface area (Å²) < 4.78 is 5.12. The van der Waals surface area contributed by atoms with Gasteiger partial charge >= 0.3 is 0 Å². The molecule has 1 aliphatic rings. The number of piperazine rings is 1. The second-order valence-corrected chi connectivity index (χ2v) is 6.58. The van der Waals surface area contributed by atoms with Gasteiger partial charge in [0.25, 0.3) is 0 Å². The first-order valence-corrected chi connectivity index (χ1v) is 9.01. The van der Waals surface area contributed by atoms with Gasteiger partial charge in [-0.25, -0.2) is 0 Å². The van der Waals surface area contributed by atoms with Crippen LogP contribution in [0.4, 0.5) is 0 Å². The summed E-state index contributed by atoms with van der Waals surface area (Å²) in [5, 5.41) is 10.3. The van der Waals surface area contributed by atoms with Crippen molar-refractivity contribution in [1.29, 1.82) is 0 Å². The van der Waals surface area contributed by atoms with Gasteiger partial charge in [-0.2, -0.15) is 0 Å². The fraction of sp³-hybridized carbons (Fsp3) is 0.733. The van der Waals surface area contributed by atoms with Gasteiger partial charge < -0.3 is 20.1 Å². The summed E-state index contributed by atoms with van der Waals surface area (Å²) in [5.74, 6) is 2.21. The van der Waals surface area contributed by atoms with Gasteiger partial charge in [-0.1, -0.05) is 5.16 Å². The highest BCUT2D eigenvalue weighted by molar-refractivity contribution is 7.99. The molecule has 0 spiro atoms. The molecular weight excluding hydrogens is 300 g/mol. The lowest BCUT2D eigenvalue weighted by Gasteiger charge is -2.27. The summed E-state index contributed by atoms with van der Waals surface area (Å²) in [5.41, 5.74) is 2.03. The molecule has 1 aromatic rings. The van der Waals surface area contributed by atoms with E-state index in [-0.39, 0.29) is 5.91 Å². The second kappa shape index (κ2) is 9.17. The van der Waals surface area contributed by atoms with Crippen molar-refractivity contribution in [3.05, 3.63) is 17.0 Å². The van der Waals surface area contributed by atoms with E-state index in [9.17, 15) is 4.79 Å². The molecule has 0 aliphatic carbocycles. The molecule has 1 saturated heterocycles. The third-order valence-corrected chi connectivity index (χ3v) is 4.80. The smallest absolute Gasteiger partial charge is 0.230 e. The average Bonchev–Trinajstić information content (AvgIpc) is 2.84. The van der Waals surface area contributed by atoms with Crippen LogP contribution >= 0.6 is 11.8 Å². The molecule has 0 aromatic carbocycles. The van der Waals surface area contributed by atoms with Crippen molar-refractivity contribution in [2.45, 2.75) is 26.0 Å². The van der Waals surface area contributed by atoms with Crippen LogP contribution in [-0.4, -0.2) is 61.0 Å². The lowest BCUT2D eigenvalue weighted by Crippen LogP contribution is -2.44. The number of carbonyl (C=O) groups is 1. The number of aromatic nitrogens is 1. The van der Waals surface area contributed by atoms with Crippen molar-refractivity contribution >= 4 is 17.7 Å². The first kappa shape index (κ1) is 17.3. The van der Waals surface area contributed by atoms with Gasteiger partial charge in [-0.05, 0) is 26.8 Å². The number of nitrogens with one attached hydrogen (secondary N) is 2. The Morgan fingerprint density at radius 3 is 2.86 bits per heavy atom. The molecule has 1 aliphatic heterocycles. The van der Waals surface area contributed by atoms with Crippen LogP contribution < -0.4 is 10.6 Å². The van der Waals surface area contributed by atoms with Gasteiger partial charge in [0.2, 0.25) is 5.91 Å². The summed E-state index contributed by atoms with van der Waals surface area (Å²) in [4.78, 5) is 14.2. The first-order chi connectivity index (χ1) is 10.7. The molecule has 0 unspecified atom stereocenters. The number of rotatable bonds is 8. The van der Waals surface area contributed by atoms with E-state index >= 15 is 0 Å². The van der Waals surface area contributed by atoms with Gasteiger partial charge in [0.05, 0.1) is 11.4 Å². The molecule has 124 valence electrons. The number of nitrogens with zero attached hydrogens (tertiary/aromatic N) is 2. The fourth-order valence-corrected chi connectivity index (χ4v) is 3.48. The van der Waals surface area contributed by atoms with Crippen LogP contribution in [0.2, 0.25) is 0 Å². The minimum atomic E-state index is 0.108. The van der Waals surface area contributed by atoms with E-state index in [1.165, 1.54) is 0 Å². The molecule has 0 atom stereocenters. The van der Waals surface area contributed by atoms with Crippen molar-refractivity contribution in [3.8, 4) is 0 Å². The Bertz CT molecular complexity index is 453. The van der Waals surface area contributed by atoms with E-state index in [1.807, 2.05) is 13.8 Å². The van der Waals surface area contributed by atoms with Crippen LogP contribution in [0.3, 0.4) is 0 Å². The van der Waals surface area contributed by atoms with E-state index in [1.54, 1.807) is 11.8 Å². The number of carbonyl (C=O) groups excluding carboxylic acids is 1. The lowest BCUT2D eigenvalue weighted by molar-refractivity contribution is -0.118. The predicted molar refractivity (Wildman–Crippen MR) is 89.1 cm³/mol. The Balaban J connectivity index is 1.52. The Kier molecular flexibility index (Phi) is 7.21. The van der Waals surface area contributed by atoms with Gasteiger partial charge in [-0.3, -0.25) is 4.79 Å². The summed E-state index contributed by atoms with van der Waals surface area (Å²) in [6.45, 7) is 10.0. The van der Waals surface area contributed by atoms with Gasteiger partial charge in [0, 0.05) is 44.0 Å². The highest BCUT2D eigenvalue weighted by Gasteiger charge is 2.11. The zero-order chi connectivity index (χ0) is 15.8. The van der Waals surface area contributed by atoms with Crippen molar-refractivity contribution in [3.63, 3.8) is 0 Å². The molecule has 0 saturated carbocycles. The minimum absolute atomic E-state index is 0.108. The maximum absolute atomic E-state index is 11.8. The van der Waals surface area contributed by atoms with Crippen molar-refractivity contribution in [1.82, 2.24) is 20.7 Å². The highest BCUT2D eigenvalue weighted by atomic mass is 32.2. The average molecular weight is 326 g/mol. The SMILES string of the molecule is Cc1noc(C)c1CSCC(=O)NCCCN1CCNCC1. The monoisotopic (exact) mass is 326 g/mol. The molecule has 6 nitrogen and oxygen atoms in total. The van der Waals surface area contributed by atoms with Crippen LogP contribution in [-0.2, 0) is 10.5 Å². The molecule has 2 heterocycles. The quantitative estimate of drug-likeness (QED) is 0.693. The molecule has 0 bridgehead atoms. The van der Waals surface area contributed by atoms with E-state index < -0.39 is 0 Å². The Morgan fingerprint density at radius 2 is 2.18 bits per heavy atom. The maximum Gasteiger partial charge on any atom is 0.230 e. The molecule has 2 rings (SSSR count). The zero-order valence-electron chi connectivity index (χ0n) is 13.5.